The summed E-state index contributed by atoms with van der Waals surface area (Å²) >= 11 is 3.18. The van der Waals surface area contributed by atoms with Gasteiger partial charge < -0.3 is 15.6 Å². The number of halogens is 4. The Morgan fingerprint density at radius 1 is 1.37 bits per heavy atom. The van der Waals surface area contributed by atoms with E-state index in [0.29, 0.717) is 4.47 Å². The summed E-state index contributed by atoms with van der Waals surface area (Å²) in [6, 6.07) is 3.29. The molecule has 0 aliphatic rings. The van der Waals surface area contributed by atoms with Crippen molar-refractivity contribution in [3.8, 4) is 5.75 Å². The van der Waals surface area contributed by atoms with Crippen molar-refractivity contribution < 1.29 is 23.0 Å². The standard InChI is InChI=1S/C12H15BrF3NO2/c1-11(2,6-18)10(17)8-5-7(13)3-4-9(8)19-12(14,15)16/h3-5,10,18H,6,17H2,1-2H3/t10-/m0/s1. The van der Waals surface area contributed by atoms with E-state index < -0.39 is 17.8 Å². The minimum Gasteiger partial charge on any atom is -0.405 e. The number of nitrogens with two attached hydrogens (primary N) is 1. The smallest absolute Gasteiger partial charge is 0.405 e. The monoisotopic (exact) mass is 341 g/mol. The quantitative estimate of drug-likeness (QED) is 0.882. The fourth-order valence-electron chi connectivity index (χ4n) is 1.50. The van der Waals surface area contributed by atoms with Crippen LogP contribution >= 0.6 is 15.9 Å². The first kappa shape index (κ1) is 16.3. The van der Waals surface area contributed by atoms with Gasteiger partial charge in [-0.05, 0) is 18.2 Å². The number of aliphatic hydroxyl groups is 1. The molecule has 7 heteroatoms. The second-order valence-electron chi connectivity index (χ2n) is 4.85. The molecule has 1 atom stereocenters. The molecular formula is C12H15BrF3NO2. The molecule has 0 aromatic heterocycles. The lowest BCUT2D eigenvalue weighted by Gasteiger charge is -2.31. The molecule has 0 unspecified atom stereocenters. The van der Waals surface area contributed by atoms with Crippen molar-refractivity contribution in [2.45, 2.75) is 26.3 Å². The van der Waals surface area contributed by atoms with Gasteiger partial charge >= 0.3 is 6.36 Å². The molecule has 0 heterocycles. The molecule has 0 saturated heterocycles. The highest BCUT2D eigenvalue weighted by Crippen LogP contribution is 2.38. The van der Waals surface area contributed by atoms with E-state index in [1.165, 1.54) is 18.2 Å². The minimum atomic E-state index is -4.79. The number of hydrogen-bond acceptors (Lipinski definition) is 3. The predicted octanol–water partition coefficient (Wildman–Crippen LogP) is 3.37. The van der Waals surface area contributed by atoms with Crippen LogP contribution in [0, 0.1) is 5.41 Å². The van der Waals surface area contributed by atoms with Crippen LogP contribution in [0.1, 0.15) is 25.5 Å². The molecule has 0 aliphatic carbocycles. The Kier molecular flexibility index (Phi) is 4.86. The summed E-state index contributed by atoms with van der Waals surface area (Å²) < 4.78 is 41.6. The number of alkyl halides is 3. The molecular weight excluding hydrogens is 327 g/mol. The van der Waals surface area contributed by atoms with E-state index in [1.54, 1.807) is 13.8 Å². The second kappa shape index (κ2) is 5.68. The van der Waals surface area contributed by atoms with Crippen LogP contribution < -0.4 is 10.5 Å². The Morgan fingerprint density at radius 2 is 1.95 bits per heavy atom. The minimum absolute atomic E-state index is 0.186. The zero-order chi connectivity index (χ0) is 14.8. The van der Waals surface area contributed by atoms with E-state index in [0.717, 1.165) is 0 Å². The number of aliphatic hydroxyl groups excluding tert-OH is 1. The average molecular weight is 342 g/mol. The van der Waals surface area contributed by atoms with Gasteiger partial charge in [0.15, 0.2) is 0 Å². The van der Waals surface area contributed by atoms with Crippen LogP contribution in [-0.4, -0.2) is 18.1 Å². The Labute approximate surface area is 117 Å². The normalized spacial score (nSPS) is 14.3. The highest BCUT2D eigenvalue weighted by molar-refractivity contribution is 9.10. The van der Waals surface area contributed by atoms with E-state index in [1.807, 2.05) is 0 Å². The van der Waals surface area contributed by atoms with Gasteiger partial charge in [-0.25, -0.2) is 0 Å². The van der Waals surface area contributed by atoms with E-state index in [4.69, 9.17) is 5.73 Å². The number of ether oxygens (including phenoxy) is 1. The van der Waals surface area contributed by atoms with Crippen LogP contribution in [0.4, 0.5) is 13.2 Å². The summed E-state index contributed by atoms with van der Waals surface area (Å²) in [4.78, 5) is 0. The van der Waals surface area contributed by atoms with Gasteiger partial charge in [-0.3, -0.25) is 0 Å². The molecule has 1 rings (SSSR count). The molecule has 0 saturated carbocycles. The van der Waals surface area contributed by atoms with Crippen LogP contribution in [0.25, 0.3) is 0 Å². The van der Waals surface area contributed by atoms with Crippen molar-refractivity contribution >= 4 is 15.9 Å². The lowest BCUT2D eigenvalue weighted by molar-refractivity contribution is -0.275. The lowest BCUT2D eigenvalue weighted by Crippen LogP contribution is -2.33. The molecule has 0 radical (unpaired) electrons. The fraction of sp³-hybridized carbons (Fsp3) is 0.500. The van der Waals surface area contributed by atoms with Gasteiger partial charge in [-0.1, -0.05) is 29.8 Å². The van der Waals surface area contributed by atoms with E-state index in [-0.39, 0.29) is 17.9 Å². The number of rotatable bonds is 4. The zero-order valence-corrected chi connectivity index (χ0v) is 12.0. The third-order valence-electron chi connectivity index (χ3n) is 2.78. The Hall–Kier alpha value is -0.790. The Balaban J connectivity index is 3.21. The van der Waals surface area contributed by atoms with Gasteiger partial charge in [0.2, 0.25) is 0 Å². The largest absolute Gasteiger partial charge is 0.573 e. The highest BCUT2D eigenvalue weighted by atomic mass is 79.9. The lowest BCUT2D eigenvalue weighted by atomic mass is 9.81. The maximum absolute atomic E-state index is 12.3. The van der Waals surface area contributed by atoms with Crippen molar-refractivity contribution in [2.75, 3.05) is 6.61 Å². The fourth-order valence-corrected chi connectivity index (χ4v) is 1.88. The summed E-state index contributed by atoms with van der Waals surface area (Å²) in [7, 11) is 0. The zero-order valence-electron chi connectivity index (χ0n) is 10.5. The van der Waals surface area contributed by atoms with E-state index in [2.05, 4.69) is 20.7 Å². The van der Waals surface area contributed by atoms with Crippen molar-refractivity contribution in [2.24, 2.45) is 11.1 Å². The Bertz CT molecular complexity index is 449. The van der Waals surface area contributed by atoms with Crippen LogP contribution in [-0.2, 0) is 0 Å². The number of hydrogen-bond donors (Lipinski definition) is 2. The van der Waals surface area contributed by atoms with Crippen LogP contribution in [0.3, 0.4) is 0 Å². The summed E-state index contributed by atoms with van der Waals surface area (Å²) in [5.74, 6) is -0.357. The predicted molar refractivity (Wildman–Crippen MR) is 68.6 cm³/mol. The van der Waals surface area contributed by atoms with Crippen molar-refractivity contribution in [1.82, 2.24) is 0 Å². The number of benzene rings is 1. The Morgan fingerprint density at radius 3 is 2.42 bits per heavy atom. The molecule has 0 fully saturated rings. The molecule has 1 aromatic carbocycles. The second-order valence-corrected chi connectivity index (χ2v) is 5.77. The van der Waals surface area contributed by atoms with E-state index in [9.17, 15) is 18.3 Å². The van der Waals surface area contributed by atoms with Crippen LogP contribution in [0.5, 0.6) is 5.75 Å². The van der Waals surface area contributed by atoms with Crippen molar-refractivity contribution in [3.05, 3.63) is 28.2 Å². The topological polar surface area (TPSA) is 55.5 Å². The maximum Gasteiger partial charge on any atom is 0.573 e. The van der Waals surface area contributed by atoms with Crippen molar-refractivity contribution in [3.63, 3.8) is 0 Å². The van der Waals surface area contributed by atoms with Gasteiger partial charge in [-0.15, -0.1) is 13.2 Å². The first-order chi connectivity index (χ1) is 8.57. The van der Waals surface area contributed by atoms with Gasteiger partial charge in [0, 0.05) is 28.1 Å². The summed E-state index contributed by atoms with van der Waals surface area (Å²) in [5.41, 5.74) is 5.36. The molecule has 0 spiro atoms. The summed E-state index contributed by atoms with van der Waals surface area (Å²) in [6.07, 6.45) is -4.79. The maximum atomic E-state index is 12.3. The summed E-state index contributed by atoms with van der Waals surface area (Å²) in [5, 5.41) is 9.26. The van der Waals surface area contributed by atoms with Gasteiger partial charge in [0.25, 0.3) is 0 Å². The first-order valence-electron chi connectivity index (χ1n) is 5.48. The van der Waals surface area contributed by atoms with Gasteiger partial charge in [0.05, 0.1) is 0 Å². The molecule has 19 heavy (non-hydrogen) atoms. The molecule has 0 amide bonds. The third-order valence-corrected chi connectivity index (χ3v) is 3.28. The molecule has 3 N–H and O–H groups in total. The van der Waals surface area contributed by atoms with Gasteiger partial charge in [0.1, 0.15) is 5.75 Å². The van der Waals surface area contributed by atoms with Gasteiger partial charge in [-0.2, -0.15) is 0 Å². The SMILES string of the molecule is CC(C)(CO)[C@@H](N)c1cc(Br)ccc1OC(F)(F)F. The third kappa shape index (κ3) is 4.36. The average Bonchev–Trinajstić information content (AvgIpc) is 2.29. The van der Waals surface area contributed by atoms with Crippen LogP contribution in [0.15, 0.2) is 22.7 Å². The summed E-state index contributed by atoms with van der Waals surface area (Å²) in [6.45, 7) is 3.07. The molecule has 3 nitrogen and oxygen atoms in total. The van der Waals surface area contributed by atoms with Crippen LogP contribution in [0.2, 0.25) is 0 Å². The molecule has 0 aliphatic heterocycles. The van der Waals surface area contributed by atoms with Crippen molar-refractivity contribution in [1.29, 1.82) is 0 Å². The van der Waals surface area contributed by atoms with E-state index >= 15 is 0 Å². The molecule has 108 valence electrons. The first-order valence-corrected chi connectivity index (χ1v) is 6.28. The highest BCUT2D eigenvalue weighted by Gasteiger charge is 2.35. The molecule has 0 bridgehead atoms. The molecule has 1 aromatic rings.